The molecule has 2 aromatic rings. The number of rotatable bonds is 2. The molecule has 2 heterocycles. The molecule has 0 spiro atoms. The highest BCUT2D eigenvalue weighted by atomic mass is 32.1. The Morgan fingerprint density at radius 3 is 3.00 bits per heavy atom. The number of nitrogens with one attached hydrogen (secondary N) is 1. The number of H-pyrrole nitrogens is 1. The van der Waals surface area contributed by atoms with Gasteiger partial charge in [-0.25, -0.2) is 4.98 Å². The van der Waals surface area contributed by atoms with Crippen molar-refractivity contribution in [2.24, 2.45) is 5.73 Å². The van der Waals surface area contributed by atoms with Gasteiger partial charge >= 0.3 is 0 Å². The molecule has 0 unspecified atom stereocenters. The predicted molar refractivity (Wildman–Crippen MR) is 54.5 cm³/mol. The Morgan fingerprint density at radius 1 is 1.62 bits per heavy atom. The number of hydrogen-bond acceptors (Lipinski definition) is 3. The Bertz CT molecular complexity index is 389. The lowest BCUT2D eigenvalue weighted by Crippen LogP contribution is -1.94. The fraction of sp³-hybridized carbons (Fsp3) is 0.222. The van der Waals surface area contributed by atoms with E-state index in [1.54, 1.807) is 11.3 Å². The minimum absolute atomic E-state index is 0.577. The zero-order valence-corrected chi connectivity index (χ0v) is 8.19. The lowest BCUT2D eigenvalue weighted by Gasteiger charge is -1.86. The number of aromatic nitrogens is 2. The topological polar surface area (TPSA) is 54.7 Å². The van der Waals surface area contributed by atoms with Gasteiger partial charge in [-0.2, -0.15) is 0 Å². The molecule has 3 N–H and O–H groups in total. The van der Waals surface area contributed by atoms with E-state index >= 15 is 0 Å². The Kier molecular flexibility index (Phi) is 2.16. The van der Waals surface area contributed by atoms with Gasteiger partial charge in [0.1, 0.15) is 5.01 Å². The molecule has 0 aliphatic heterocycles. The van der Waals surface area contributed by atoms with Crippen molar-refractivity contribution in [1.82, 2.24) is 9.97 Å². The molecule has 0 aromatic carbocycles. The Hall–Kier alpha value is -1.13. The van der Waals surface area contributed by atoms with Crippen LogP contribution in [0, 0.1) is 6.92 Å². The van der Waals surface area contributed by atoms with Crippen LogP contribution < -0.4 is 5.73 Å². The SMILES string of the molecule is Cc1nc(-c2cc[nH]c2)sc1CN. The van der Waals surface area contributed by atoms with E-state index in [1.807, 2.05) is 25.4 Å². The maximum atomic E-state index is 5.58. The molecular formula is C9H11N3S. The van der Waals surface area contributed by atoms with Crippen LogP contribution in [0.4, 0.5) is 0 Å². The molecule has 0 atom stereocenters. The molecule has 0 aliphatic carbocycles. The number of hydrogen-bond donors (Lipinski definition) is 2. The summed E-state index contributed by atoms with van der Waals surface area (Å²) in [7, 11) is 0. The molecule has 2 aromatic heterocycles. The molecule has 0 radical (unpaired) electrons. The van der Waals surface area contributed by atoms with Crippen molar-refractivity contribution >= 4 is 11.3 Å². The predicted octanol–water partition coefficient (Wildman–Crippen LogP) is 1.91. The molecule has 0 aliphatic rings. The van der Waals surface area contributed by atoms with Gasteiger partial charge in [0.25, 0.3) is 0 Å². The highest BCUT2D eigenvalue weighted by Gasteiger charge is 2.07. The molecule has 13 heavy (non-hydrogen) atoms. The van der Waals surface area contributed by atoms with E-state index < -0.39 is 0 Å². The van der Waals surface area contributed by atoms with Crippen molar-refractivity contribution in [3.05, 3.63) is 29.0 Å². The summed E-state index contributed by atoms with van der Waals surface area (Å²) in [5.41, 5.74) is 7.76. The number of nitrogens with zero attached hydrogens (tertiary/aromatic N) is 1. The van der Waals surface area contributed by atoms with Crippen LogP contribution in [0.2, 0.25) is 0 Å². The van der Waals surface area contributed by atoms with E-state index in [0.717, 1.165) is 21.1 Å². The normalized spacial score (nSPS) is 10.6. The first-order valence-electron chi connectivity index (χ1n) is 4.11. The van der Waals surface area contributed by atoms with E-state index in [9.17, 15) is 0 Å². The average molecular weight is 193 g/mol. The lowest BCUT2D eigenvalue weighted by atomic mass is 10.3. The summed E-state index contributed by atoms with van der Waals surface area (Å²) in [6, 6.07) is 2.01. The largest absolute Gasteiger partial charge is 0.367 e. The van der Waals surface area contributed by atoms with Gasteiger partial charge in [0.2, 0.25) is 0 Å². The molecule has 0 saturated heterocycles. The second kappa shape index (κ2) is 3.32. The van der Waals surface area contributed by atoms with E-state index in [0.29, 0.717) is 6.54 Å². The van der Waals surface area contributed by atoms with Crippen molar-refractivity contribution in [3.63, 3.8) is 0 Å². The first-order valence-corrected chi connectivity index (χ1v) is 4.92. The standard InChI is InChI=1S/C9H11N3S/c1-6-8(4-10)13-9(12-6)7-2-3-11-5-7/h2-3,5,11H,4,10H2,1H3. The van der Waals surface area contributed by atoms with Gasteiger partial charge in [-0.05, 0) is 13.0 Å². The monoisotopic (exact) mass is 193 g/mol. The zero-order valence-electron chi connectivity index (χ0n) is 7.37. The Morgan fingerprint density at radius 2 is 2.46 bits per heavy atom. The van der Waals surface area contributed by atoms with Crippen LogP contribution in [0.1, 0.15) is 10.6 Å². The fourth-order valence-electron chi connectivity index (χ4n) is 1.20. The van der Waals surface area contributed by atoms with Gasteiger partial charge in [0.15, 0.2) is 0 Å². The zero-order chi connectivity index (χ0) is 9.26. The van der Waals surface area contributed by atoms with Gasteiger partial charge in [-0.3, -0.25) is 0 Å². The number of nitrogens with two attached hydrogens (primary N) is 1. The van der Waals surface area contributed by atoms with Crippen molar-refractivity contribution < 1.29 is 0 Å². The Labute approximate surface area is 80.6 Å². The third-order valence-electron chi connectivity index (χ3n) is 1.92. The number of aryl methyl sites for hydroxylation is 1. The van der Waals surface area contributed by atoms with Crippen molar-refractivity contribution in [3.8, 4) is 10.6 Å². The van der Waals surface area contributed by atoms with Crippen LogP contribution >= 0.6 is 11.3 Å². The lowest BCUT2D eigenvalue weighted by molar-refractivity contribution is 1.06. The number of aromatic amines is 1. The summed E-state index contributed by atoms with van der Waals surface area (Å²) in [6.45, 7) is 2.57. The molecule has 3 nitrogen and oxygen atoms in total. The van der Waals surface area contributed by atoms with Crippen LogP contribution in [0.25, 0.3) is 10.6 Å². The first kappa shape index (κ1) is 8.47. The molecule has 4 heteroatoms. The summed E-state index contributed by atoms with van der Waals surface area (Å²) in [4.78, 5) is 8.62. The van der Waals surface area contributed by atoms with Crippen molar-refractivity contribution in [2.45, 2.75) is 13.5 Å². The van der Waals surface area contributed by atoms with Gasteiger partial charge in [0, 0.05) is 29.4 Å². The maximum absolute atomic E-state index is 5.58. The molecular weight excluding hydrogens is 182 g/mol. The summed E-state index contributed by atoms with van der Waals surface area (Å²) >= 11 is 1.66. The highest BCUT2D eigenvalue weighted by Crippen LogP contribution is 2.26. The number of thiazole rings is 1. The van der Waals surface area contributed by atoms with Crippen LogP contribution in [0.3, 0.4) is 0 Å². The molecule has 2 rings (SSSR count). The second-order valence-corrected chi connectivity index (χ2v) is 3.92. The van der Waals surface area contributed by atoms with E-state index in [2.05, 4.69) is 9.97 Å². The van der Waals surface area contributed by atoms with Crippen molar-refractivity contribution in [1.29, 1.82) is 0 Å². The van der Waals surface area contributed by atoms with Crippen LogP contribution in [-0.4, -0.2) is 9.97 Å². The first-order chi connectivity index (χ1) is 6.31. The van der Waals surface area contributed by atoms with E-state index in [1.165, 1.54) is 0 Å². The minimum atomic E-state index is 0.577. The molecule has 0 bridgehead atoms. The summed E-state index contributed by atoms with van der Waals surface area (Å²) < 4.78 is 0. The fourth-order valence-corrected chi connectivity index (χ4v) is 2.14. The average Bonchev–Trinajstić information content (AvgIpc) is 2.71. The van der Waals surface area contributed by atoms with Crippen molar-refractivity contribution in [2.75, 3.05) is 0 Å². The Balaban J connectivity index is 2.43. The van der Waals surface area contributed by atoms with Crippen LogP contribution in [-0.2, 0) is 6.54 Å². The smallest absolute Gasteiger partial charge is 0.125 e. The summed E-state index contributed by atoms with van der Waals surface area (Å²) in [6.07, 6.45) is 3.84. The van der Waals surface area contributed by atoms with Gasteiger partial charge in [-0.15, -0.1) is 11.3 Å². The maximum Gasteiger partial charge on any atom is 0.125 e. The van der Waals surface area contributed by atoms with Crippen LogP contribution in [0.15, 0.2) is 18.5 Å². The highest BCUT2D eigenvalue weighted by molar-refractivity contribution is 7.15. The molecule has 0 fully saturated rings. The van der Waals surface area contributed by atoms with Gasteiger partial charge < -0.3 is 10.7 Å². The van der Waals surface area contributed by atoms with E-state index in [4.69, 9.17) is 5.73 Å². The van der Waals surface area contributed by atoms with Gasteiger partial charge in [0.05, 0.1) is 5.69 Å². The minimum Gasteiger partial charge on any atom is -0.367 e. The third kappa shape index (κ3) is 1.50. The molecule has 0 amide bonds. The summed E-state index contributed by atoms with van der Waals surface area (Å²) in [5.74, 6) is 0. The summed E-state index contributed by atoms with van der Waals surface area (Å²) in [5, 5.41) is 1.04. The van der Waals surface area contributed by atoms with Crippen LogP contribution in [0.5, 0.6) is 0 Å². The third-order valence-corrected chi connectivity index (χ3v) is 3.15. The quantitative estimate of drug-likeness (QED) is 0.765. The molecule has 68 valence electrons. The van der Waals surface area contributed by atoms with Gasteiger partial charge in [-0.1, -0.05) is 0 Å². The van der Waals surface area contributed by atoms with E-state index in [-0.39, 0.29) is 0 Å². The second-order valence-electron chi connectivity index (χ2n) is 2.83. The molecule has 0 saturated carbocycles.